The van der Waals surface area contributed by atoms with E-state index < -0.39 is 5.97 Å². The molecule has 0 amide bonds. The van der Waals surface area contributed by atoms with E-state index in [1.165, 1.54) is 231 Å². The molecule has 0 aliphatic rings. The van der Waals surface area contributed by atoms with Crippen LogP contribution in [0.5, 0.6) is 0 Å². The average molecular weight is 747 g/mol. The number of aliphatic carboxylic acids is 1. The highest BCUT2D eigenvalue weighted by molar-refractivity contribution is 5.69. The fourth-order valence-corrected chi connectivity index (χ4v) is 7.57. The molecule has 1 N–H and O–H groups in total. The number of esters is 1. The fourth-order valence-electron chi connectivity index (χ4n) is 7.57. The lowest BCUT2D eigenvalue weighted by Gasteiger charge is -2.06. The monoisotopic (exact) mass is 747 g/mol. The van der Waals surface area contributed by atoms with E-state index in [1.807, 2.05) is 0 Å². The van der Waals surface area contributed by atoms with Gasteiger partial charge in [0.2, 0.25) is 0 Å². The first-order valence-corrected chi connectivity index (χ1v) is 24.2. The molecule has 0 aromatic rings. The largest absolute Gasteiger partial charge is 0.481 e. The summed E-state index contributed by atoms with van der Waals surface area (Å²) in [5.74, 6) is -0.640. The lowest BCUT2D eigenvalue weighted by atomic mass is 10.0. The Morgan fingerprint density at radius 3 is 0.943 bits per heavy atom. The molecule has 0 radical (unpaired) electrons. The van der Waals surface area contributed by atoms with Gasteiger partial charge in [-0.05, 0) is 44.9 Å². The molecule has 314 valence electrons. The molecule has 0 rings (SSSR count). The SMILES string of the molecule is CCCCCCCC/C=C\CCCCCCCC(=O)OCCCCCCCCCCCCCCCCCCCCCCCCCCCCCCC(=O)O. The van der Waals surface area contributed by atoms with Gasteiger partial charge >= 0.3 is 11.9 Å². The molecule has 53 heavy (non-hydrogen) atoms. The number of hydrogen-bond acceptors (Lipinski definition) is 3. The second kappa shape index (κ2) is 46.8. The number of carboxylic acid groups (broad SMARTS) is 1. The van der Waals surface area contributed by atoms with Gasteiger partial charge in [-0.25, -0.2) is 0 Å². The smallest absolute Gasteiger partial charge is 0.305 e. The zero-order chi connectivity index (χ0) is 38.4. The van der Waals surface area contributed by atoms with Crippen molar-refractivity contribution in [3.05, 3.63) is 12.2 Å². The number of carboxylic acids is 1. The van der Waals surface area contributed by atoms with Gasteiger partial charge in [0.1, 0.15) is 0 Å². The molecule has 4 heteroatoms. The summed E-state index contributed by atoms with van der Waals surface area (Å²) in [6, 6.07) is 0. The Labute approximate surface area is 332 Å². The maximum Gasteiger partial charge on any atom is 0.305 e. The van der Waals surface area contributed by atoms with E-state index in [1.54, 1.807) is 0 Å². The van der Waals surface area contributed by atoms with E-state index in [4.69, 9.17) is 9.84 Å². The summed E-state index contributed by atoms with van der Waals surface area (Å²) in [5, 5.41) is 8.66. The molecule has 0 heterocycles. The van der Waals surface area contributed by atoms with Crippen molar-refractivity contribution in [2.24, 2.45) is 0 Å². The van der Waals surface area contributed by atoms with E-state index in [2.05, 4.69) is 19.1 Å². The van der Waals surface area contributed by atoms with Gasteiger partial charge in [-0.15, -0.1) is 0 Å². The first-order valence-electron chi connectivity index (χ1n) is 24.2. The highest BCUT2D eigenvalue weighted by atomic mass is 16.5. The summed E-state index contributed by atoms with van der Waals surface area (Å²) in [6.07, 6.45) is 59.9. The zero-order valence-corrected chi connectivity index (χ0v) is 35.9. The summed E-state index contributed by atoms with van der Waals surface area (Å²) in [4.78, 5) is 22.5. The number of carbonyl (C=O) groups excluding carboxylic acids is 1. The van der Waals surface area contributed by atoms with Gasteiger partial charge in [-0.2, -0.15) is 0 Å². The van der Waals surface area contributed by atoms with E-state index in [0.29, 0.717) is 19.4 Å². The van der Waals surface area contributed by atoms with Crippen LogP contribution in [0, 0.1) is 0 Å². The maximum atomic E-state index is 12.0. The summed E-state index contributed by atoms with van der Waals surface area (Å²) >= 11 is 0. The van der Waals surface area contributed by atoms with Gasteiger partial charge in [-0.1, -0.05) is 237 Å². The first-order chi connectivity index (χ1) is 26.2. The molecule has 0 aromatic heterocycles. The summed E-state index contributed by atoms with van der Waals surface area (Å²) in [6.45, 7) is 2.90. The van der Waals surface area contributed by atoms with Gasteiger partial charge in [0, 0.05) is 12.8 Å². The Morgan fingerprint density at radius 1 is 0.358 bits per heavy atom. The maximum absolute atomic E-state index is 12.0. The van der Waals surface area contributed by atoms with Crippen molar-refractivity contribution in [1.29, 1.82) is 0 Å². The molecule has 0 spiro atoms. The number of hydrogen-bond donors (Lipinski definition) is 1. The minimum Gasteiger partial charge on any atom is -0.481 e. The minimum atomic E-state index is -0.653. The number of carbonyl (C=O) groups is 2. The third kappa shape index (κ3) is 48.7. The molecular weight excluding hydrogens is 653 g/mol. The van der Waals surface area contributed by atoms with E-state index in [9.17, 15) is 9.59 Å². The van der Waals surface area contributed by atoms with E-state index >= 15 is 0 Å². The highest BCUT2D eigenvalue weighted by Gasteiger charge is 2.03. The van der Waals surface area contributed by atoms with Gasteiger partial charge in [0.15, 0.2) is 0 Å². The average Bonchev–Trinajstić information content (AvgIpc) is 3.15. The van der Waals surface area contributed by atoms with Crippen LogP contribution in [-0.2, 0) is 14.3 Å². The van der Waals surface area contributed by atoms with E-state index in [0.717, 1.165) is 32.1 Å². The van der Waals surface area contributed by atoms with Gasteiger partial charge < -0.3 is 9.84 Å². The van der Waals surface area contributed by atoms with Gasteiger partial charge in [-0.3, -0.25) is 9.59 Å². The van der Waals surface area contributed by atoms with Gasteiger partial charge in [0.25, 0.3) is 0 Å². The van der Waals surface area contributed by atoms with E-state index in [-0.39, 0.29) is 5.97 Å². The van der Waals surface area contributed by atoms with Gasteiger partial charge in [0.05, 0.1) is 6.61 Å². The molecule has 0 saturated carbocycles. The van der Waals surface area contributed by atoms with Crippen LogP contribution in [0.1, 0.15) is 283 Å². The molecule has 0 aliphatic carbocycles. The topological polar surface area (TPSA) is 63.6 Å². The van der Waals surface area contributed by atoms with Crippen LogP contribution >= 0.6 is 0 Å². The molecular formula is C49H94O4. The molecule has 0 atom stereocenters. The Morgan fingerprint density at radius 2 is 0.623 bits per heavy atom. The standard InChI is InChI=1S/C49H94O4/c1-2-3-4-5-6-7-8-9-24-28-31-34-37-40-43-46-49(52)53-47-44-41-38-35-32-29-26-23-21-19-17-15-13-11-10-12-14-16-18-20-22-25-27-30-33-36-39-42-45-48(50)51/h9,24H,2-8,10-23,25-47H2,1H3,(H,50,51)/b24-9-. The molecule has 0 bridgehead atoms. The predicted octanol–water partition coefficient (Wildman–Crippen LogP) is 17.0. The van der Waals surface area contributed by atoms with Crippen LogP contribution in [0.2, 0.25) is 0 Å². The van der Waals surface area contributed by atoms with Crippen LogP contribution in [-0.4, -0.2) is 23.7 Å². The minimum absolute atomic E-state index is 0.0131. The number of rotatable bonds is 46. The molecule has 0 aliphatic heterocycles. The van der Waals surface area contributed by atoms with Crippen molar-refractivity contribution in [3.63, 3.8) is 0 Å². The van der Waals surface area contributed by atoms with Crippen molar-refractivity contribution >= 4 is 11.9 Å². The Hall–Kier alpha value is -1.32. The summed E-state index contributed by atoms with van der Waals surface area (Å²) in [5.41, 5.74) is 0. The third-order valence-corrected chi connectivity index (χ3v) is 11.2. The molecule has 0 aromatic carbocycles. The van der Waals surface area contributed by atoms with Crippen molar-refractivity contribution in [1.82, 2.24) is 0 Å². The molecule has 4 nitrogen and oxygen atoms in total. The number of ether oxygens (including phenoxy) is 1. The first kappa shape index (κ1) is 51.7. The molecule has 0 saturated heterocycles. The van der Waals surface area contributed by atoms with Crippen molar-refractivity contribution in [2.45, 2.75) is 283 Å². The van der Waals surface area contributed by atoms with Crippen molar-refractivity contribution < 1.29 is 19.4 Å². The molecule has 0 fully saturated rings. The normalized spacial score (nSPS) is 11.6. The summed E-state index contributed by atoms with van der Waals surface area (Å²) < 4.78 is 5.47. The Bertz CT molecular complexity index is 747. The van der Waals surface area contributed by atoms with Crippen LogP contribution in [0.4, 0.5) is 0 Å². The van der Waals surface area contributed by atoms with Crippen LogP contribution in [0.3, 0.4) is 0 Å². The fraction of sp³-hybridized carbons (Fsp3) is 0.918. The summed E-state index contributed by atoms with van der Waals surface area (Å²) in [7, 11) is 0. The number of allylic oxidation sites excluding steroid dienone is 2. The van der Waals surface area contributed by atoms with Crippen LogP contribution < -0.4 is 0 Å². The second-order valence-corrected chi connectivity index (χ2v) is 16.6. The predicted molar refractivity (Wildman–Crippen MR) is 232 cm³/mol. The number of unbranched alkanes of at least 4 members (excludes halogenated alkanes) is 38. The van der Waals surface area contributed by atoms with Crippen LogP contribution in [0.15, 0.2) is 12.2 Å². The third-order valence-electron chi connectivity index (χ3n) is 11.2. The van der Waals surface area contributed by atoms with Crippen molar-refractivity contribution in [3.8, 4) is 0 Å². The zero-order valence-electron chi connectivity index (χ0n) is 35.9. The van der Waals surface area contributed by atoms with Crippen molar-refractivity contribution in [2.75, 3.05) is 6.61 Å². The highest BCUT2D eigenvalue weighted by Crippen LogP contribution is 2.17. The Balaban J connectivity index is 3.16. The quantitative estimate of drug-likeness (QED) is 0.0383. The lowest BCUT2D eigenvalue weighted by molar-refractivity contribution is -0.144. The lowest BCUT2D eigenvalue weighted by Crippen LogP contribution is -2.05. The Kier molecular flexibility index (Phi) is 45.7. The van der Waals surface area contributed by atoms with Crippen LogP contribution in [0.25, 0.3) is 0 Å². The molecule has 0 unspecified atom stereocenters. The second-order valence-electron chi connectivity index (χ2n) is 16.6.